The Morgan fingerprint density at radius 2 is 1.91 bits per heavy atom. The molecule has 33 heavy (non-hydrogen) atoms. The van der Waals surface area contributed by atoms with Crippen LogP contribution in [0.25, 0.3) is 11.0 Å². The number of aromatic nitrogens is 1. The minimum atomic E-state index is -1.17. The zero-order valence-corrected chi connectivity index (χ0v) is 18.2. The molecule has 5 rings (SSSR count). The minimum absolute atomic E-state index is 0.0318. The molecule has 1 unspecified atom stereocenters. The molecule has 164 valence electrons. The Bertz CT molecular complexity index is 1470. The summed E-state index contributed by atoms with van der Waals surface area (Å²) in [5.74, 6) is -4.81. The maximum Gasteiger partial charge on any atom is 0.294 e. The molecule has 1 atom stereocenters. The number of benzene rings is 2. The quantitative estimate of drug-likeness (QED) is 0.358. The van der Waals surface area contributed by atoms with Gasteiger partial charge in [-0.3, -0.25) is 19.5 Å². The van der Waals surface area contributed by atoms with Gasteiger partial charge in [-0.2, -0.15) is 0 Å². The summed E-state index contributed by atoms with van der Waals surface area (Å²) in [5.41, 5.74) is 0.551. The van der Waals surface area contributed by atoms with Crippen molar-refractivity contribution in [1.29, 1.82) is 0 Å². The third-order valence-electron chi connectivity index (χ3n) is 5.34. The second-order valence-electron chi connectivity index (χ2n) is 7.35. The topological polar surface area (TPSA) is 83.6 Å². The van der Waals surface area contributed by atoms with Crippen molar-refractivity contribution in [1.82, 2.24) is 4.98 Å². The number of halogens is 3. The lowest BCUT2D eigenvalue weighted by Crippen LogP contribution is -2.31. The van der Waals surface area contributed by atoms with E-state index in [9.17, 15) is 23.5 Å². The number of aliphatic hydroxyl groups excluding tert-OH is 1. The van der Waals surface area contributed by atoms with Crippen molar-refractivity contribution >= 4 is 44.3 Å². The smallest absolute Gasteiger partial charge is 0.294 e. The van der Waals surface area contributed by atoms with E-state index in [1.807, 2.05) is 0 Å². The van der Waals surface area contributed by atoms with Crippen LogP contribution < -0.4 is 4.90 Å². The van der Waals surface area contributed by atoms with E-state index in [2.05, 4.69) is 20.9 Å². The van der Waals surface area contributed by atoms with Crippen molar-refractivity contribution in [3.63, 3.8) is 0 Å². The van der Waals surface area contributed by atoms with Crippen LogP contribution in [-0.2, 0) is 4.79 Å². The number of carbonyl (C=O) groups is 2. The standard InChI is InChI=1S/C24H13BrF2N2O4/c25-14-3-6-18-13(8-14)9-19(33-18)22(30)20-21(12-2-1-7-28-11-12)29(24(32)23(20)31)15-4-5-16(26)17(27)10-15/h1-11,21,31H. The number of pyridine rings is 1. The molecule has 0 bridgehead atoms. The molecule has 6 nitrogen and oxygen atoms in total. The molecule has 1 amide bonds. The van der Waals surface area contributed by atoms with E-state index in [1.54, 1.807) is 30.3 Å². The van der Waals surface area contributed by atoms with Crippen LogP contribution in [0, 0.1) is 11.6 Å². The summed E-state index contributed by atoms with van der Waals surface area (Å²) >= 11 is 3.36. The Morgan fingerprint density at radius 1 is 1.09 bits per heavy atom. The fraction of sp³-hybridized carbons (Fsp3) is 0.0417. The Balaban J connectivity index is 1.66. The molecule has 0 saturated carbocycles. The van der Waals surface area contributed by atoms with Crippen LogP contribution >= 0.6 is 15.9 Å². The number of rotatable bonds is 4. The fourth-order valence-corrected chi connectivity index (χ4v) is 4.23. The molecule has 0 fully saturated rings. The summed E-state index contributed by atoms with van der Waals surface area (Å²) in [7, 11) is 0. The van der Waals surface area contributed by atoms with Gasteiger partial charge in [-0.05, 0) is 48.0 Å². The van der Waals surface area contributed by atoms with Gasteiger partial charge in [-0.1, -0.05) is 22.0 Å². The van der Waals surface area contributed by atoms with Crippen molar-refractivity contribution in [2.24, 2.45) is 0 Å². The number of amides is 1. The number of hydrogen-bond acceptors (Lipinski definition) is 5. The van der Waals surface area contributed by atoms with Crippen molar-refractivity contribution < 1.29 is 27.9 Å². The van der Waals surface area contributed by atoms with Gasteiger partial charge in [0.05, 0.1) is 11.6 Å². The third kappa shape index (κ3) is 3.50. The average molecular weight is 511 g/mol. The number of nitrogens with zero attached hydrogens (tertiary/aromatic N) is 2. The molecule has 3 heterocycles. The molecule has 0 aliphatic carbocycles. The van der Waals surface area contributed by atoms with Gasteiger partial charge in [0.2, 0.25) is 5.78 Å². The number of ketones is 1. The molecule has 0 spiro atoms. The normalized spacial score (nSPS) is 16.2. The van der Waals surface area contributed by atoms with Crippen LogP contribution in [0.4, 0.5) is 14.5 Å². The Kier molecular flexibility index (Phi) is 5.05. The molecule has 4 aromatic rings. The molecule has 1 aliphatic rings. The Morgan fingerprint density at radius 3 is 2.64 bits per heavy atom. The molecule has 0 radical (unpaired) electrons. The van der Waals surface area contributed by atoms with Crippen molar-refractivity contribution in [3.05, 3.63) is 106 Å². The number of fused-ring (bicyclic) bond motifs is 1. The summed E-state index contributed by atoms with van der Waals surface area (Å²) < 4.78 is 33.9. The molecular weight excluding hydrogens is 498 g/mol. The molecule has 2 aromatic carbocycles. The second-order valence-corrected chi connectivity index (χ2v) is 8.26. The Labute approximate surface area is 193 Å². The van der Waals surface area contributed by atoms with Crippen molar-refractivity contribution in [2.45, 2.75) is 6.04 Å². The maximum absolute atomic E-state index is 14.0. The first kappa shape index (κ1) is 21.0. The highest BCUT2D eigenvalue weighted by Gasteiger charge is 2.45. The van der Waals surface area contributed by atoms with Crippen LogP contribution in [0.1, 0.15) is 22.2 Å². The number of furan rings is 1. The maximum atomic E-state index is 14.0. The molecule has 2 aromatic heterocycles. The lowest BCUT2D eigenvalue weighted by atomic mass is 9.96. The molecule has 9 heteroatoms. The van der Waals surface area contributed by atoms with E-state index in [-0.39, 0.29) is 17.0 Å². The lowest BCUT2D eigenvalue weighted by molar-refractivity contribution is -0.117. The number of Topliss-reactive ketones (excluding diaryl/α,β-unsaturated/α-hetero) is 1. The van der Waals surface area contributed by atoms with Crippen LogP contribution in [0.2, 0.25) is 0 Å². The van der Waals surface area contributed by atoms with Gasteiger partial charge in [-0.25, -0.2) is 8.78 Å². The van der Waals surface area contributed by atoms with Crippen LogP contribution in [0.5, 0.6) is 0 Å². The Hall–Kier alpha value is -3.85. The summed E-state index contributed by atoms with van der Waals surface area (Å²) in [5, 5.41) is 11.4. The van der Waals surface area contributed by atoms with Gasteiger partial charge in [-0.15, -0.1) is 0 Å². The molecular formula is C24H13BrF2N2O4. The van der Waals surface area contributed by atoms with Crippen molar-refractivity contribution in [2.75, 3.05) is 4.90 Å². The first-order valence-corrected chi connectivity index (χ1v) is 10.5. The largest absolute Gasteiger partial charge is 0.503 e. The molecule has 1 N–H and O–H groups in total. The highest BCUT2D eigenvalue weighted by atomic mass is 79.9. The number of hydrogen-bond donors (Lipinski definition) is 1. The highest BCUT2D eigenvalue weighted by molar-refractivity contribution is 9.10. The van der Waals surface area contributed by atoms with Crippen LogP contribution in [-0.4, -0.2) is 21.8 Å². The first-order valence-electron chi connectivity index (χ1n) is 9.70. The SMILES string of the molecule is O=C(C1=C(O)C(=O)N(c2ccc(F)c(F)c2)C1c1cccnc1)c1cc2cc(Br)ccc2o1. The number of aliphatic hydroxyl groups is 1. The molecule has 0 saturated heterocycles. The zero-order valence-electron chi connectivity index (χ0n) is 16.6. The van der Waals surface area contributed by atoms with Gasteiger partial charge in [0, 0.05) is 34.0 Å². The van der Waals surface area contributed by atoms with Gasteiger partial charge in [0.25, 0.3) is 5.91 Å². The predicted molar refractivity (Wildman–Crippen MR) is 119 cm³/mol. The monoisotopic (exact) mass is 510 g/mol. The zero-order chi connectivity index (χ0) is 23.3. The van der Waals surface area contributed by atoms with Crippen LogP contribution in [0.3, 0.4) is 0 Å². The van der Waals surface area contributed by atoms with Gasteiger partial charge >= 0.3 is 0 Å². The van der Waals surface area contributed by atoms with Gasteiger partial charge < -0.3 is 9.52 Å². The minimum Gasteiger partial charge on any atom is -0.503 e. The second kappa shape index (κ2) is 7.93. The first-order chi connectivity index (χ1) is 15.8. The summed E-state index contributed by atoms with van der Waals surface area (Å²) in [6, 6.07) is 11.7. The van der Waals surface area contributed by atoms with E-state index in [0.29, 0.717) is 16.5 Å². The lowest BCUT2D eigenvalue weighted by Gasteiger charge is -2.26. The van der Waals surface area contributed by atoms with E-state index in [0.717, 1.165) is 21.5 Å². The van der Waals surface area contributed by atoms with Crippen molar-refractivity contribution in [3.8, 4) is 0 Å². The third-order valence-corrected chi connectivity index (χ3v) is 5.83. The number of carbonyl (C=O) groups excluding carboxylic acids is 2. The predicted octanol–water partition coefficient (Wildman–Crippen LogP) is 5.65. The summed E-state index contributed by atoms with van der Waals surface area (Å²) in [6.45, 7) is 0. The van der Waals surface area contributed by atoms with Gasteiger partial charge in [0.1, 0.15) is 5.58 Å². The number of anilines is 1. The van der Waals surface area contributed by atoms with Gasteiger partial charge in [0.15, 0.2) is 23.2 Å². The van der Waals surface area contributed by atoms with E-state index < -0.39 is 35.1 Å². The van der Waals surface area contributed by atoms with Crippen LogP contribution in [0.15, 0.2) is 87.2 Å². The summed E-state index contributed by atoms with van der Waals surface area (Å²) in [6.07, 6.45) is 2.93. The van der Waals surface area contributed by atoms with E-state index in [4.69, 9.17) is 4.42 Å². The molecule has 1 aliphatic heterocycles. The fourth-order valence-electron chi connectivity index (χ4n) is 3.85. The van der Waals surface area contributed by atoms with E-state index >= 15 is 0 Å². The highest BCUT2D eigenvalue weighted by Crippen LogP contribution is 2.42. The van der Waals surface area contributed by atoms with E-state index in [1.165, 1.54) is 24.5 Å². The average Bonchev–Trinajstić information content (AvgIpc) is 3.34. The summed E-state index contributed by atoms with van der Waals surface area (Å²) in [4.78, 5) is 31.6.